The van der Waals surface area contributed by atoms with E-state index in [1.54, 1.807) is 55.6 Å². The highest BCUT2D eigenvalue weighted by atomic mass is 16.5. The van der Waals surface area contributed by atoms with E-state index in [1.807, 2.05) is 6.07 Å². The lowest BCUT2D eigenvalue weighted by atomic mass is 10.1. The second-order valence-electron chi connectivity index (χ2n) is 6.46. The number of hydrogen-bond acceptors (Lipinski definition) is 7. The number of hydrogen-bond donors (Lipinski definition) is 0. The van der Waals surface area contributed by atoms with Crippen molar-refractivity contribution in [1.82, 2.24) is 0 Å². The van der Waals surface area contributed by atoms with Crippen molar-refractivity contribution in [3.8, 4) is 0 Å². The van der Waals surface area contributed by atoms with Gasteiger partial charge in [0.05, 0.1) is 26.4 Å². The predicted molar refractivity (Wildman–Crippen MR) is 110 cm³/mol. The number of nitrogens with zero attached hydrogens (tertiary/aromatic N) is 2. The molecule has 1 aliphatic heterocycles. The Labute approximate surface area is 174 Å². The Morgan fingerprint density at radius 1 is 0.933 bits per heavy atom. The highest BCUT2D eigenvalue weighted by Crippen LogP contribution is 2.28. The second-order valence-corrected chi connectivity index (χ2v) is 6.46. The topological polar surface area (TPSA) is 85.4 Å². The molecule has 2 aromatic rings. The fraction of sp³-hybridized carbons (Fsp3) is 0.227. The van der Waals surface area contributed by atoms with Crippen molar-refractivity contribution >= 4 is 29.2 Å². The summed E-state index contributed by atoms with van der Waals surface area (Å²) >= 11 is 0. The molecule has 3 rings (SSSR count). The van der Waals surface area contributed by atoms with E-state index in [9.17, 15) is 14.4 Å². The molecule has 0 aromatic heterocycles. The first-order valence-electron chi connectivity index (χ1n) is 9.16. The standard InChI is InChI=1S/C22H22N2O6/c1-23(20(25)15-7-5-4-6-8-15)16-9-11-17(12-10-16)24-14-30-13-18(21(26)28-2)19(24)22(27)29-3/h4-12H,13-14H2,1-3H3. The van der Waals surface area contributed by atoms with Crippen molar-refractivity contribution < 1.29 is 28.6 Å². The van der Waals surface area contributed by atoms with Crippen LogP contribution < -0.4 is 9.80 Å². The highest BCUT2D eigenvalue weighted by molar-refractivity contribution is 6.06. The SMILES string of the molecule is COC(=O)C1=C(C(=O)OC)N(c2ccc(N(C)C(=O)c3ccccc3)cc2)COC1. The first-order valence-corrected chi connectivity index (χ1v) is 9.16. The van der Waals surface area contributed by atoms with Gasteiger partial charge in [-0.25, -0.2) is 9.59 Å². The second kappa shape index (κ2) is 9.23. The van der Waals surface area contributed by atoms with E-state index >= 15 is 0 Å². The molecule has 1 amide bonds. The molecule has 0 spiro atoms. The average molecular weight is 410 g/mol. The van der Waals surface area contributed by atoms with Gasteiger partial charge in [0.2, 0.25) is 0 Å². The van der Waals surface area contributed by atoms with Gasteiger partial charge in [0.15, 0.2) is 0 Å². The van der Waals surface area contributed by atoms with E-state index in [0.717, 1.165) is 0 Å². The summed E-state index contributed by atoms with van der Waals surface area (Å²) < 4.78 is 15.1. The van der Waals surface area contributed by atoms with E-state index < -0.39 is 11.9 Å². The maximum atomic E-state index is 12.6. The van der Waals surface area contributed by atoms with Crippen LogP contribution in [0, 0.1) is 0 Å². The molecule has 0 atom stereocenters. The summed E-state index contributed by atoms with van der Waals surface area (Å²) in [6, 6.07) is 15.9. The summed E-state index contributed by atoms with van der Waals surface area (Å²) in [5.74, 6) is -1.48. The number of carbonyl (C=O) groups is 3. The zero-order valence-electron chi connectivity index (χ0n) is 17.0. The van der Waals surface area contributed by atoms with Crippen molar-refractivity contribution in [3.63, 3.8) is 0 Å². The number of rotatable bonds is 5. The minimum absolute atomic E-state index is 0.0556. The summed E-state index contributed by atoms with van der Waals surface area (Å²) in [6.45, 7) is 0.00304. The maximum Gasteiger partial charge on any atom is 0.355 e. The van der Waals surface area contributed by atoms with Crippen LogP contribution in [0.3, 0.4) is 0 Å². The number of amides is 1. The van der Waals surface area contributed by atoms with Crippen LogP contribution >= 0.6 is 0 Å². The van der Waals surface area contributed by atoms with Crippen LogP contribution in [0.15, 0.2) is 65.9 Å². The Kier molecular flexibility index (Phi) is 6.48. The van der Waals surface area contributed by atoms with Crippen molar-refractivity contribution in [1.29, 1.82) is 0 Å². The molecule has 0 saturated carbocycles. The smallest absolute Gasteiger partial charge is 0.355 e. The third-order valence-corrected chi connectivity index (χ3v) is 4.71. The third-order valence-electron chi connectivity index (χ3n) is 4.71. The maximum absolute atomic E-state index is 12.6. The Bertz CT molecular complexity index is 969. The van der Waals surface area contributed by atoms with Gasteiger partial charge in [0.1, 0.15) is 12.4 Å². The Balaban J connectivity index is 1.90. The lowest BCUT2D eigenvalue weighted by Crippen LogP contribution is -2.38. The molecule has 0 unspecified atom stereocenters. The number of ether oxygens (including phenoxy) is 3. The van der Waals surface area contributed by atoms with Gasteiger partial charge < -0.3 is 24.0 Å². The van der Waals surface area contributed by atoms with Gasteiger partial charge in [-0.2, -0.15) is 0 Å². The molecule has 8 nitrogen and oxygen atoms in total. The fourth-order valence-corrected chi connectivity index (χ4v) is 3.10. The molecule has 0 radical (unpaired) electrons. The number of esters is 2. The molecule has 0 N–H and O–H groups in total. The van der Waals surface area contributed by atoms with Gasteiger partial charge in [-0.15, -0.1) is 0 Å². The van der Waals surface area contributed by atoms with Crippen LogP contribution in [-0.2, 0) is 23.8 Å². The summed E-state index contributed by atoms with van der Waals surface area (Å²) in [5, 5.41) is 0. The Morgan fingerprint density at radius 3 is 2.17 bits per heavy atom. The average Bonchev–Trinajstić information content (AvgIpc) is 2.82. The number of benzene rings is 2. The molecule has 1 aliphatic rings. The Morgan fingerprint density at radius 2 is 1.57 bits per heavy atom. The molecule has 0 bridgehead atoms. The molecule has 0 fully saturated rings. The van der Waals surface area contributed by atoms with E-state index in [0.29, 0.717) is 16.9 Å². The van der Waals surface area contributed by atoms with Crippen LogP contribution in [0.1, 0.15) is 10.4 Å². The third kappa shape index (κ3) is 4.18. The van der Waals surface area contributed by atoms with Crippen LogP contribution in [0.5, 0.6) is 0 Å². The van der Waals surface area contributed by atoms with Gasteiger partial charge in [-0.1, -0.05) is 18.2 Å². The molecule has 156 valence electrons. The summed E-state index contributed by atoms with van der Waals surface area (Å²) in [4.78, 5) is 40.2. The summed E-state index contributed by atoms with van der Waals surface area (Å²) in [7, 11) is 4.16. The minimum atomic E-state index is -0.667. The molecule has 2 aromatic carbocycles. The van der Waals surface area contributed by atoms with E-state index in [-0.39, 0.29) is 30.5 Å². The van der Waals surface area contributed by atoms with Crippen molar-refractivity contribution in [3.05, 3.63) is 71.4 Å². The van der Waals surface area contributed by atoms with Gasteiger partial charge in [0.25, 0.3) is 5.91 Å². The molecule has 30 heavy (non-hydrogen) atoms. The number of methoxy groups -OCH3 is 2. The van der Waals surface area contributed by atoms with Gasteiger partial charge in [-0.05, 0) is 36.4 Å². The van der Waals surface area contributed by atoms with Crippen LogP contribution in [0.4, 0.5) is 11.4 Å². The van der Waals surface area contributed by atoms with E-state index in [4.69, 9.17) is 14.2 Å². The largest absolute Gasteiger partial charge is 0.466 e. The lowest BCUT2D eigenvalue weighted by molar-refractivity contribution is -0.140. The van der Waals surface area contributed by atoms with Gasteiger partial charge in [0, 0.05) is 24.0 Å². The minimum Gasteiger partial charge on any atom is -0.466 e. The zero-order valence-corrected chi connectivity index (χ0v) is 17.0. The van der Waals surface area contributed by atoms with Crippen LogP contribution in [-0.4, -0.2) is 52.5 Å². The zero-order chi connectivity index (χ0) is 21.7. The number of carbonyl (C=O) groups excluding carboxylic acids is 3. The highest BCUT2D eigenvalue weighted by Gasteiger charge is 2.32. The lowest BCUT2D eigenvalue weighted by Gasteiger charge is -2.31. The monoisotopic (exact) mass is 410 g/mol. The molecule has 0 aliphatic carbocycles. The molecular weight excluding hydrogens is 388 g/mol. The fourth-order valence-electron chi connectivity index (χ4n) is 3.10. The number of anilines is 2. The first-order chi connectivity index (χ1) is 14.5. The van der Waals surface area contributed by atoms with Crippen LogP contribution in [0.25, 0.3) is 0 Å². The summed E-state index contributed by atoms with van der Waals surface area (Å²) in [5.41, 5.74) is 1.99. The van der Waals surface area contributed by atoms with Gasteiger partial charge in [-0.3, -0.25) is 4.79 Å². The Hall–Kier alpha value is -3.65. The quantitative estimate of drug-likeness (QED) is 0.700. The molecular formula is C22H22N2O6. The van der Waals surface area contributed by atoms with Crippen molar-refractivity contribution in [2.45, 2.75) is 0 Å². The van der Waals surface area contributed by atoms with Crippen molar-refractivity contribution in [2.24, 2.45) is 0 Å². The molecule has 1 heterocycles. The van der Waals surface area contributed by atoms with E-state index in [1.165, 1.54) is 24.0 Å². The van der Waals surface area contributed by atoms with E-state index in [2.05, 4.69) is 0 Å². The normalized spacial score (nSPS) is 13.6. The van der Waals surface area contributed by atoms with Crippen molar-refractivity contribution in [2.75, 3.05) is 44.4 Å². The predicted octanol–water partition coefficient (Wildman–Crippen LogP) is 2.36. The molecule has 0 saturated heterocycles. The van der Waals surface area contributed by atoms with Crippen LogP contribution in [0.2, 0.25) is 0 Å². The summed E-state index contributed by atoms with van der Waals surface area (Å²) in [6.07, 6.45) is 0. The first kappa shape index (κ1) is 21.1. The molecule has 8 heteroatoms. The van der Waals surface area contributed by atoms with Gasteiger partial charge >= 0.3 is 11.9 Å².